The van der Waals surface area contributed by atoms with Crippen LogP contribution in [0.1, 0.15) is 23.2 Å². The van der Waals surface area contributed by atoms with E-state index in [-0.39, 0.29) is 24.3 Å². The largest absolute Gasteiger partial charge is 0.351 e. The molecule has 0 aromatic heterocycles. The summed E-state index contributed by atoms with van der Waals surface area (Å²) in [5.41, 5.74) is 0.478. The standard InChI is InChI=1S/C25H26Cl2N4O3/c1-2-12-28-22(32)16-30-17-31(19-6-4-3-5-7-19)25(24(30)34)10-13-29(14-11-25)23(33)20-9-8-18(26)15-21(20)27/h2-9,15H,1,10-14,16-17H2,(H,28,32). The average molecular weight is 501 g/mol. The number of piperidine rings is 1. The maximum atomic E-state index is 13.7. The van der Waals surface area contributed by atoms with E-state index < -0.39 is 5.54 Å². The van der Waals surface area contributed by atoms with Crippen molar-refractivity contribution in [1.82, 2.24) is 15.1 Å². The van der Waals surface area contributed by atoms with Crippen LogP contribution in [0.2, 0.25) is 10.0 Å². The number of amides is 3. The van der Waals surface area contributed by atoms with Gasteiger partial charge in [-0.25, -0.2) is 0 Å². The van der Waals surface area contributed by atoms with Crippen LogP contribution in [0.5, 0.6) is 0 Å². The third-order valence-corrected chi connectivity index (χ3v) is 6.95. The van der Waals surface area contributed by atoms with Crippen LogP contribution in [0, 0.1) is 0 Å². The number of carbonyl (C=O) groups excluding carboxylic acids is 3. The second kappa shape index (κ2) is 10.1. The molecular weight excluding hydrogens is 475 g/mol. The smallest absolute Gasteiger partial charge is 0.255 e. The van der Waals surface area contributed by atoms with Gasteiger partial charge in [-0.15, -0.1) is 6.58 Å². The number of hydrogen-bond acceptors (Lipinski definition) is 4. The first-order valence-electron chi connectivity index (χ1n) is 11.1. The van der Waals surface area contributed by atoms with Gasteiger partial charge in [0.25, 0.3) is 11.8 Å². The van der Waals surface area contributed by atoms with Crippen molar-refractivity contribution in [1.29, 1.82) is 0 Å². The number of carbonyl (C=O) groups is 3. The van der Waals surface area contributed by atoms with Gasteiger partial charge in [0, 0.05) is 30.3 Å². The molecule has 1 N–H and O–H groups in total. The third-order valence-electron chi connectivity index (χ3n) is 6.40. The van der Waals surface area contributed by atoms with Crippen molar-refractivity contribution in [2.45, 2.75) is 18.4 Å². The highest BCUT2D eigenvalue weighted by atomic mass is 35.5. The first-order chi connectivity index (χ1) is 16.4. The highest BCUT2D eigenvalue weighted by Gasteiger charge is 2.54. The molecule has 34 heavy (non-hydrogen) atoms. The molecule has 178 valence electrons. The minimum Gasteiger partial charge on any atom is -0.351 e. The van der Waals surface area contributed by atoms with Crippen molar-refractivity contribution in [2.75, 3.05) is 37.7 Å². The first kappa shape index (κ1) is 24.1. The molecular formula is C25H26Cl2N4O3. The topological polar surface area (TPSA) is 73.0 Å². The molecule has 0 atom stereocenters. The van der Waals surface area contributed by atoms with Crippen LogP contribution in [0.4, 0.5) is 5.69 Å². The maximum absolute atomic E-state index is 13.7. The molecule has 0 aliphatic carbocycles. The van der Waals surface area contributed by atoms with Crippen molar-refractivity contribution in [3.8, 4) is 0 Å². The number of nitrogens with zero attached hydrogens (tertiary/aromatic N) is 3. The Morgan fingerprint density at radius 1 is 1.09 bits per heavy atom. The lowest BCUT2D eigenvalue weighted by atomic mass is 9.85. The summed E-state index contributed by atoms with van der Waals surface area (Å²) >= 11 is 12.2. The number of nitrogens with one attached hydrogen (secondary N) is 1. The number of rotatable bonds is 6. The number of halogens is 2. The van der Waals surface area contributed by atoms with E-state index in [2.05, 4.69) is 16.8 Å². The fourth-order valence-electron chi connectivity index (χ4n) is 4.65. The Balaban J connectivity index is 1.55. The summed E-state index contributed by atoms with van der Waals surface area (Å²) in [5, 5.41) is 3.50. The van der Waals surface area contributed by atoms with Gasteiger partial charge in [-0.2, -0.15) is 0 Å². The van der Waals surface area contributed by atoms with Gasteiger partial charge >= 0.3 is 0 Å². The van der Waals surface area contributed by atoms with E-state index >= 15 is 0 Å². The second-order valence-corrected chi connectivity index (χ2v) is 9.29. The Morgan fingerprint density at radius 3 is 2.44 bits per heavy atom. The monoisotopic (exact) mass is 500 g/mol. The van der Waals surface area contributed by atoms with E-state index in [1.165, 1.54) is 0 Å². The predicted octanol–water partition coefficient (Wildman–Crippen LogP) is 3.58. The summed E-state index contributed by atoms with van der Waals surface area (Å²) in [6.45, 7) is 5.01. The second-order valence-electron chi connectivity index (χ2n) is 8.45. The summed E-state index contributed by atoms with van der Waals surface area (Å²) in [7, 11) is 0. The van der Waals surface area contributed by atoms with Crippen LogP contribution >= 0.6 is 23.2 Å². The van der Waals surface area contributed by atoms with Gasteiger partial charge in [-0.1, -0.05) is 47.5 Å². The van der Waals surface area contributed by atoms with E-state index in [4.69, 9.17) is 23.2 Å². The van der Waals surface area contributed by atoms with Gasteiger partial charge in [-0.05, 0) is 43.2 Å². The lowest BCUT2D eigenvalue weighted by Crippen LogP contribution is -2.57. The van der Waals surface area contributed by atoms with Crippen LogP contribution in [-0.4, -0.2) is 65.9 Å². The molecule has 2 aliphatic heterocycles. The highest BCUT2D eigenvalue weighted by Crippen LogP contribution is 2.40. The van der Waals surface area contributed by atoms with E-state index in [0.717, 1.165) is 5.69 Å². The summed E-state index contributed by atoms with van der Waals surface area (Å²) < 4.78 is 0. The Labute approximate surface area is 208 Å². The lowest BCUT2D eigenvalue weighted by molar-refractivity contribution is -0.137. The molecule has 7 nitrogen and oxygen atoms in total. The van der Waals surface area contributed by atoms with Crippen LogP contribution in [-0.2, 0) is 9.59 Å². The number of benzene rings is 2. The van der Waals surface area contributed by atoms with Gasteiger partial charge in [0.05, 0.1) is 17.3 Å². The van der Waals surface area contributed by atoms with E-state index in [9.17, 15) is 14.4 Å². The van der Waals surface area contributed by atoms with Gasteiger partial charge in [-0.3, -0.25) is 14.4 Å². The molecule has 0 bridgehead atoms. The minimum atomic E-state index is -0.819. The van der Waals surface area contributed by atoms with Gasteiger partial charge in [0.15, 0.2) is 0 Å². The van der Waals surface area contributed by atoms with Crippen LogP contribution in [0.25, 0.3) is 0 Å². The molecule has 0 radical (unpaired) electrons. The number of hydrogen-bond donors (Lipinski definition) is 1. The van der Waals surface area contributed by atoms with E-state index in [1.807, 2.05) is 30.3 Å². The maximum Gasteiger partial charge on any atom is 0.255 e. The van der Waals surface area contributed by atoms with Crippen molar-refractivity contribution in [3.63, 3.8) is 0 Å². The highest BCUT2D eigenvalue weighted by molar-refractivity contribution is 6.36. The molecule has 2 heterocycles. The molecule has 2 aromatic carbocycles. The molecule has 2 aromatic rings. The molecule has 2 aliphatic rings. The van der Waals surface area contributed by atoms with Crippen LogP contribution < -0.4 is 10.2 Å². The van der Waals surface area contributed by atoms with Gasteiger partial charge < -0.3 is 20.0 Å². The van der Waals surface area contributed by atoms with E-state index in [1.54, 1.807) is 34.1 Å². The fraction of sp³-hybridized carbons (Fsp3) is 0.320. The van der Waals surface area contributed by atoms with Crippen molar-refractivity contribution < 1.29 is 14.4 Å². The molecule has 1 spiro atoms. The molecule has 2 saturated heterocycles. The molecule has 0 saturated carbocycles. The minimum absolute atomic E-state index is 0.0270. The number of likely N-dealkylation sites (tertiary alicyclic amines) is 1. The predicted molar refractivity (Wildman–Crippen MR) is 133 cm³/mol. The summed E-state index contributed by atoms with van der Waals surface area (Å²) in [4.78, 5) is 44.5. The first-order valence-corrected chi connectivity index (χ1v) is 11.9. The average Bonchev–Trinajstić information content (AvgIpc) is 3.09. The molecule has 4 rings (SSSR count). The van der Waals surface area contributed by atoms with Gasteiger partial charge in [0.1, 0.15) is 12.1 Å². The Kier molecular flexibility index (Phi) is 7.14. The van der Waals surface area contributed by atoms with Crippen molar-refractivity contribution >= 4 is 46.6 Å². The summed E-state index contributed by atoms with van der Waals surface area (Å²) in [5.74, 6) is -0.515. The Bertz CT molecular complexity index is 1100. The molecule has 0 unspecified atom stereocenters. The SMILES string of the molecule is C=CCNC(=O)CN1CN(c2ccccc2)C2(CCN(C(=O)c3ccc(Cl)cc3Cl)CC2)C1=O. The van der Waals surface area contributed by atoms with Gasteiger partial charge in [0.2, 0.25) is 5.91 Å². The third kappa shape index (κ3) is 4.63. The van der Waals surface area contributed by atoms with Crippen LogP contribution in [0.3, 0.4) is 0 Å². The molecule has 9 heteroatoms. The molecule has 2 fully saturated rings. The summed E-state index contributed by atoms with van der Waals surface area (Å²) in [6, 6.07) is 14.5. The van der Waals surface area contributed by atoms with Crippen molar-refractivity contribution in [3.05, 3.63) is 76.8 Å². The Hall–Kier alpha value is -3.03. The fourth-order valence-corrected chi connectivity index (χ4v) is 5.14. The number of anilines is 1. The molecule has 3 amide bonds. The number of para-hydroxylation sites is 1. The van der Waals surface area contributed by atoms with Crippen molar-refractivity contribution in [2.24, 2.45) is 0 Å². The summed E-state index contributed by atoms with van der Waals surface area (Å²) in [6.07, 6.45) is 2.49. The van der Waals surface area contributed by atoms with Crippen LogP contribution in [0.15, 0.2) is 61.2 Å². The normalized spacial score (nSPS) is 17.2. The Morgan fingerprint density at radius 2 is 1.79 bits per heavy atom. The lowest BCUT2D eigenvalue weighted by Gasteiger charge is -2.43. The zero-order valence-electron chi connectivity index (χ0n) is 18.7. The zero-order valence-corrected chi connectivity index (χ0v) is 20.2. The quantitative estimate of drug-likeness (QED) is 0.615. The zero-order chi connectivity index (χ0) is 24.3. The van der Waals surface area contributed by atoms with E-state index in [0.29, 0.717) is 54.8 Å².